The third-order valence-corrected chi connectivity index (χ3v) is 4.32. The Morgan fingerprint density at radius 3 is 2.63 bits per heavy atom. The zero-order valence-corrected chi connectivity index (χ0v) is 14.7. The third kappa shape index (κ3) is 3.48. The highest BCUT2D eigenvalue weighted by Gasteiger charge is 2.09. The summed E-state index contributed by atoms with van der Waals surface area (Å²) in [6, 6.07) is 16.2. The lowest BCUT2D eigenvalue weighted by Crippen LogP contribution is -2.19. The van der Waals surface area contributed by atoms with E-state index in [1.54, 1.807) is 19.3 Å². The van der Waals surface area contributed by atoms with Crippen molar-refractivity contribution < 1.29 is 4.79 Å². The van der Waals surface area contributed by atoms with Gasteiger partial charge in [-0.2, -0.15) is 0 Å². The Kier molecular flexibility index (Phi) is 4.25. The molecule has 7 heteroatoms. The minimum absolute atomic E-state index is 0.224. The molecule has 27 heavy (non-hydrogen) atoms. The second-order valence-electron chi connectivity index (χ2n) is 6.24. The summed E-state index contributed by atoms with van der Waals surface area (Å²) in [6.07, 6.45) is 4.14. The molecule has 3 heterocycles. The van der Waals surface area contributed by atoms with Crippen molar-refractivity contribution >= 4 is 17.2 Å². The van der Waals surface area contributed by atoms with Gasteiger partial charge in [0.1, 0.15) is 5.82 Å². The summed E-state index contributed by atoms with van der Waals surface area (Å²) in [5, 5.41) is 11.2. The highest BCUT2D eigenvalue weighted by Crippen LogP contribution is 2.14. The molecule has 0 fully saturated rings. The Morgan fingerprint density at radius 1 is 1.04 bits per heavy atom. The van der Waals surface area contributed by atoms with Gasteiger partial charge in [0.05, 0.1) is 0 Å². The normalized spacial score (nSPS) is 10.9. The van der Waals surface area contributed by atoms with E-state index in [9.17, 15) is 9.59 Å². The van der Waals surface area contributed by atoms with Crippen LogP contribution in [-0.4, -0.2) is 25.1 Å². The first-order chi connectivity index (χ1) is 13.1. The summed E-state index contributed by atoms with van der Waals surface area (Å²) in [5.41, 5.74) is 2.64. The van der Waals surface area contributed by atoms with Crippen molar-refractivity contribution in [2.75, 3.05) is 5.32 Å². The average Bonchev–Trinajstić information content (AvgIpc) is 3.08. The molecule has 4 rings (SSSR count). The highest BCUT2D eigenvalue weighted by molar-refractivity contribution is 6.04. The maximum Gasteiger partial charge on any atom is 0.255 e. The zero-order chi connectivity index (χ0) is 18.8. The van der Waals surface area contributed by atoms with Gasteiger partial charge in [0.25, 0.3) is 11.5 Å². The standard InChI is InChI=1S/C20H17N5O2/c1-24-11-9-15(13-19(24)26)20(27)21-16-7-5-14(6-8-16)12-18-23-22-17-4-2-3-10-25(17)18/h2-11,13H,12H2,1H3,(H,21,27). The predicted molar refractivity (Wildman–Crippen MR) is 102 cm³/mol. The van der Waals surface area contributed by atoms with Crippen LogP contribution in [0.4, 0.5) is 5.69 Å². The number of anilines is 1. The highest BCUT2D eigenvalue weighted by atomic mass is 16.2. The van der Waals surface area contributed by atoms with Crippen molar-refractivity contribution in [3.05, 3.63) is 94.3 Å². The number of fused-ring (bicyclic) bond motifs is 1. The summed E-state index contributed by atoms with van der Waals surface area (Å²) >= 11 is 0. The van der Waals surface area contributed by atoms with Crippen LogP contribution in [-0.2, 0) is 13.5 Å². The molecule has 4 aromatic rings. The molecule has 1 amide bonds. The molecule has 0 aliphatic heterocycles. The number of benzene rings is 1. The molecule has 0 unspecified atom stereocenters. The van der Waals surface area contributed by atoms with Crippen molar-refractivity contribution in [2.45, 2.75) is 6.42 Å². The SMILES string of the molecule is Cn1ccc(C(=O)Nc2ccc(Cc3nnc4ccccn34)cc2)cc1=O. The van der Waals surface area contributed by atoms with Crippen molar-refractivity contribution in [1.82, 2.24) is 19.2 Å². The quantitative estimate of drug-likeness (QED) is 0.606. The largest absolute Gasteiger partial charge is 0.322 e. The lowest BCUT2D eigenvalue weighted by Gasteiger charge is -2.07. The van der Waals surface area contributed by atoms with E-state index in [2.05, 4.69) is 15.5 Å². The lowest BCUT2D eigenvalue weighted by atomic mass is 10.1. The number of hydrogen-bond acceptors (Lipinski definition) is 4. The van der Waals surface area contributed by atoms with Gasteiger partial charge >= 0.3 is 0 Å². The molecule has 0 atom stereocenters. The van der Waals surface area contributed by atoms with Gasteiger partial charge in [-0.15, -0.1) is 10.2 Å². The molecular formula is C20H17N5O2. The summed E-state index contributed by atoms with van der Waals surface area (Å²) in [5.74, 6) is 0.534. The maximum atomic E-state index is 12.3. The second-order valence-corrected chi connectivity index (χ2v) is 6.24. The molecule has 7 nitrogen and oxygen atoms in total. The summed E-state index contributed by atoms with van der Waals surface area (Å²) in [6.45, 7) is 0. The van der Waals surface area contributed by atoms with E-state index in [1.165, 1.54) is 10.6 Å². The Balaban J connectivity index is 1.48. The summed E-state index contributed by atoms with van der Waals surface area (Å²) < 4.78 is 3.37. The molecule has 1 N–H and O–H groups in total. The molecule has 134 valence electrons. The van der Waals surface area contributed by atoms with Crippen LogP contribution >= 0.6 is 0 Å². The minimum Gasteiger partial charge on any atom is -0.322 e. The molecule has 3 aromatic heterocycles. The van der Waals surface area contributed by atoms with Crippen LogP contribution in [0.5, 0.6) is 0 Å². The Hall–Kier alpha value is -3.74. The van der Waals surface area contributed by atoms with Crippen LogP contribution in [0.2, 0.25) is 0 Å². The van der Waals surface area contributed by atoms with E-state index < -0.39 is 0 Å². The molecule has 0 saturated heterocycles. The van der Waals surface area contributed by atoms with Gasteiger partial charge in [0.2, 0.25) is 0 Å². The predicted octanol–water partition coefficient (Wildman–Crippen LogP) is 2.27. The fourth-order valence-corrected chi connectivity index (χ4v) is 2.79. The zero-order valence-electron chi connectivity index (χ0n) is 14.7. The Morgan fingerprint density at radius 2 is 1.85 bits per heavy atom. The summed E-state index contributed by atoms with van der Waals surface area (Å²) in [4.78, 5) is 23.9. The lowest BCUT2D eigenvalue weighted by molar-refractivity contribution is 0.102. The Labute approximate surface area is 154 Å². The molecule has 1 aromatic carbocycles. The number of nitrogens with zero attached hydrogens (tertiary/aromatic N) is 4. The number of carbonyl (C=O) groups is 1. The van der Waals surface area contributed by atoms with Crippen molar-refractivity contribution in [1.29, 1.82) is 0 Å². The van der Waals surface area contributed by atoms with Crippen molar-refractivity contribution in [3.63, 3.8) is 0 Å². The van der Waals surface area contributed by atoms with E-state index >= 15 is 0 Å². The molecular weight excluding hydrogens is 342 g/mol. The van der Waals surface area contributed by atoms with Gasteiger partial charge in [-0.25, -0.2) is 0 Å². The van der Waals surface area contributed by atoms with Crippen LogP contribution < -0.4 is 10.9 Å². The number of rotatable bonds is 4. The number of carbonyl (C=O) groups excluding carboxylic acids is 1. The Bertz CT molecular complexity index is 1170. The first kappa shape index (κ1) is 16.7. The molecule has 0 radical (unpaired) electrons. The number of pyridine rings is 2. The minimum atomic E-state index is -0.316. The van der Waals surface area contributed by atoms with Crippen LogP contribution in [0, 0.1) is 0 Å². The number of aromatic nitrogens is 4. The first-order valence-corrected chi connectivity index (χ1v) is 8.46. The van der Waals surface area contributed by atoms with Crippen molar-refractivity contribution in [3.8, 4) is 0 Å². The topological polar surface area (TPSA) is 81.3 Å². The average molecular weight is 359 g/mol. The first-order valence-electron chi connectivity index (χ1n) is 8.46. The van der Waals surface area contributed by atoms with Crippen LogP contribution in [0.15, 0.2) is 71.8 Å². The molecule has 0 aliphatic carbocycles. The van der Waals surface area contributed by atoms with Gasteiger partial charge < -0.3 is 9.88 Å². The van der Waals surface area contributed by atoms with Gasteiger partial charge in [-0.1, -0.05) is 18.2 Å². The van der Waals surface area contributed by atoms with Crippen LogP contribution in [0.1, 0.15) is 21.7 Å². The molecule has 0 spiro atoms. The number of hydrogen-bond donors (Lipinski definition) is 1. The second kappa shape index (κ2) is 6.87. The van der Waals surface area contributed by atoms with Crippen LogP contribution in [0.25, 0.3) is 5.65 Å². The molecule has 0 bridgehead atoms. The number of aryl methyl sites for hydroxylation is 1. The smallest absolute Gasteiger partial charge is 0.255 e. The van der Waals surface area contributed by atoms with Gasteiger partial charge in [0, 0.05) is 43.2 Å². The van der Waals surface area contributed by atoms with E-state index in [1.807, 2.05) is 53.1 Å². The monoisotopic (exact) mass is 359 g/mol. The van der Waals surface area contributed by atoms with E-state index in [0.717, 1.165) is 17.0 Å². The number of nitrogens with one attached hydrogen (secondary N) is 1. The van der Waals surface area contributed by atoms with Gasteiger partial charge in [-0.3, -0.25) is 14.0 Å². The van der Waals surface area contributed by atoms with E-state index in [-0.39, 0.29) is 11.5 Å². The van der Waals surface area contributed by atoms with Gasteiger partial charge in [-0.05, 0) is 35.9 Å². The van der Waals surface area contributed by atoms with Gasteiger partial charge in [0.15, 0.2) is 5.65 Å². The van der Waals surface area contributed by atoms with Crippen LogP contribution in [0.3, 0.4) is 0 Å². The summed E-state index contributed by atoms with van der Waals surface area (Å²) in [7, 11) is 1.64. The fraction of sp³-hybridized carbons (Fsp3) is 0.100. The molecule has 0 saturated carbocycles. The van der Waals surface area contributed by atoms with E-state index in [4.69, 9.17) is 0 Å². The maximum absolute atomic E-state index is 12.3. The third-order valence-electron chi connectivity index (χ3n) is 4.32. The fourth-order valence-electron chi connectivity index (χ4n) is 2.79. The molecule has 0 aliphatic rings. The number of amides is 1. The van der Waals surface area contributed by atoms with E-state index in [0.29, 0.717) is 17.7 Å². The van der Waals surface area contributed by atoms with Crippen molar-refractivity contribution in [2.24, 2.45) is 7.05 Å².